The van der Waals surface area contributed by atoms with Crippen molar-refractivity contribution >= 4 is 29.2 Å². The fourth-order valence-electron chi connectivity index (χ4n) is 2.68. The third-order valence-electron chi connectivity index (χ3n) is 3.81. The fourth-order valence-corrected chi connectivity index (χ4v) is 2.95. The summed E-state index contributed by atoms with van der Waals surface area (Å²) in [7, 11) is 0. The van der Waals surface area contributed by atoms with E-state index in [4.69, 9.17) is 25.8 Å². The molecule has 1 aliphatic heterocycles. The second kappa shape index (κ2) is 7.66. The number of benzene rings is 2. The lowest BCUT2D eigenvalue weighted by molar-refractivity contribution is -0.122. The smallest absolute Gasteiger partial charge is 0.338 e. The van der Waals surface area contributed by atoms with Crippen molar-refractivity contribution in [1.29, 1.82) is 0 Å². The van der Waals surface area contributed by atoms with E-state index in [1.165, 1.54) is 12.1 Å². The van der Waals surface area contributed by atoms with Crippen molar-refractivity contribution in [1.82, 2.24) is 0 Å². The largest absolute Gasteiger partial charge is 0.454 e. The Hall–Kier alpha value is -2.73. The minimum Gasteiger partial charge on any atom is -0.454 e. The van der Waals surface area contributed by atoms with E-state index in [-0.39, 0.29) is 35.9 Å². The zero-order chi connectivity index (χ0) is 18.7. The topological polar surface area (TPSA) is 65.1 Å². The molecule has 0 aromatic heterocycles. The Labute approximate surface area is 156 Å². The molecule has 2 aromatic rings. The van der Waals surface area contributed by atoms with Gasteiger partial charge < -0.3 is 19.1 Å². The molecule has 0 saturated carbocycles. The quantitative estimate of drug-likeness (QED) is 0.746. The summed E-state index contributed by atoms with van der Waals surface area (Å²) in [6.45, 7) is 3.46. The first-order valence-electron chi connectivity index (χ1n) is 8.10. The fraction of sp³-hybridized carbons (Fsp3) is 0.263. The number of para-hydroxylation sites is 1. The second-order valence-corrected chi connectivity index (χ2v) is 6.37. The van der Waals surface area contributed by atoms with Gasteiger partial charge in [0.2, 0.25) is 6.79 Å². The van der Waals surface area contributed by atoms with E-state index < -0.39 is 5.97 Å². The van der Waals surface area contributed by atoms with Crippen molar-refractivity contribution in [2.24, 2.45) is 0 Å². The molecule has 1 amide bonds. The molecule has 1 heterocycles. The van der Waals surface area contributed by atoms with Crippen LogP contribution in [0, 0.1) is 0 Å². The van der Waals surface area contributed by atoms with Crippen molar-refractivity contribution in [2.45, 2.75) is 19.9 Å². The molecule has 0 fully saturated rings. The van der Waals surface area contributed by atoms with Crippen molar-refractivity contribution in [2.75, 3.05) is 18.3 Å². The number of nitrogens with zero attached hydrogens (tertiary/aromatic N) is 1. The number of fused-ring (bicyclic) bond motifs is 1. The third kappa shape index (κ3) is 3.75. The number of ether oxygens (including phenoxy) is 3. The van der Waals surface area contributed by atoms with E-state index in [9.17, 15) is 9.59 Å². The molecule has 2 aromatic carbocycles. The average Bonchev–Trinajstić information content (AvgIpc) is 3.09. The van der Waals surface area contributed by atoms with Crippen LogP contribution in [0.5, 0.6) is 11.5 Å². The number of carbonyl (C=O) groups is 2. The molecule has 0 N–H and O–H groups in total. The van der Waals surface area contributed by atoms with Gasteiger partial charge in [0, 0.05) is 11.7 Å². The van der Waals surface area contributed by atoms with Gasteiger partial charge in [-0.3, -0.25) is 4.79 Å². The average molecular weight is 376 g/mol. The van der Waals surface area contributed by atoms with Gasteiger partial charge in [0.1, 0.15) is 0 Å². The molecule has 7 heteroatoms. The van der Waals surface area contributed by atoms with Crippen LogP contribution in [0.4, 0.5) is 5.69 Å². The molecule has 0 spiro atoms. The van der Waals surface area contributed by atoms with Crippen molar-refractivity contribution in [3.63, 3.8) is 0 Å². The molecule has 0 atom stereocenters. The molecule has 1 aliphatic rings. The Kier molecular flexibility index (Phi) is 5.32. The van der Waals surface area contributed by atoms with Crippen LogP contribution in [-0.2, 0) is 9.53 Å². The summed E-state index contributed by atoms with van der Waals surface area (Å²) in [5.74, 6) is -0.195. The lowest BCUT2D eigenvalue weighted by Crippen LogP contribution is -2.39. The zero-order valence-corrected chi connectivity index (χ0v) is 15.2. The summed E-state index contributed by atoms with van der Waals surface area (Å²) in [5, 5.41) is 0.256. The number of esters is 1. The Morgan fingerprint density at radius 1 is 1.19 bits per heavy atom. The van der Waals surface area contributed by atoms with Crippen LogP contribution in [0.25, 0.3) is 0 Å². The standard InChI is InChI=1S/C19H18ClNO5/c1-12(2)21(14-6-4-3-5-7-14)17(22)10-24-19(23)13-8-15(20)18-16(9-13)25-11-26-18/h3-9,12H,10-11H2,1-2H3. The van der Waals surface area contributed by atoms with Gasteiger partial charge >= 0.3 is 5.97 Å². The Morgan fingerprint density at radius 2 is 1.92 bits per heavy atom. The highest BCUT2D eigenvalue weighted by molar-refractivity contribution is 6.32. The number of hydrogen-bond donors (Lipinski definition) is 0. The molecule has 0 aliphatic carbocycles. The van der Waals surface area contributed by atoms with Crippen LogP contribution in [0.15, 0.2) is 42.5 Å². The van der Waals surface area contributed by atoms with Gasteiger partial charge in [-0.25, -0.2) is 4.79 Å². The molecule has 0 saturated heterocycles. The third-order valence-corrected chi connectivity index (χ3v) is 4.09. The SMILES string of the molecule is CC(C)N(C(=O)COC(=O)c1cc(Cl)c2c(c1)OCO2)c1ccccc1. The molecule has 0 radical (unpaired) electrons. The maximum absolute atomic E-state index is 12.6. The van der Waals surface area contributed by atoms with Gasteiger partial charge in [0.25, 0.3) is 5.91 Å². The van der Waals surface area contributed by atoms with E-state index >= 15 is 0 Å². The number of rotatable bonds is 5. The minimum absolute atomic E-state index is 0.0481. The Bertz CT molecular complexity index is 822. The second-order valence-electron chi connectivity index (χ2n) is 5.96. The maximum atomic E-state index is 12.6. The number of carbonyl (C=O) groups excluding carboxylic acids is 2. The van der Waals surface area contributed by atoms with E-state index in [0.717, 1.165) is 5.69 Å². The van der Waals surface area contributed by atoms with Crippen LogP contribution >= 0.6 is 11.6 Å². The predicted octanol–water partition coefficient (Wildman–Crippen LogP) is 3.67. The molecular formula is C19H18ClNO5. The maximum Gasteiger partial charge on any atom is 0.338 e. The first-order chi connectivity index (χ1) is 12.5. The summed E-state index contributed by atoms with van der Waals surface area (Å²) in [5.41, 5.74) is 0.942. The summed E-state index contributed by atoms with van der Waals surface area (Å²) in [4.78, 5) is 26.4. The van der Waals surface area contributed by atoms with Gasteiger partial charge in [0.05, 0.1) is 10.6 Å². The van der Waals surface area contributed by atoms with Crippen LogP contribution in [-0.4, -0.2) is 31.3 Å². The highest BCUT2D eigenvalue weighted by Gasteiger charge is 2.23. The first-order valence-corrected chi connectivity index (χ1v) is 8.48. The van der Waals surface area contributed by atoms with Crippen molar-refractivity contribution in [3.05, 3.63) is 53.1 Å². The highest BCUT2D eigenvalue weighted by Crippen LogP contribution is 2.39. The van der Waals surface area contributed by atoms with E-state index in [2.05, 4.69) is 0 Å². The van der Waals surface area contributed by atoms with Gasteiger partial charge in [-0.1, -0.05) is 29.8 Å². The summed E-state index contributed by atoms with van der Waals surface area (Å²) >= 11 is 6.07. The normalized spacial score (nSPS) is 12.2. The monoisotopic (exact) mass is 375 g/mol. The summed E-state index contributed by atoms with van der Waals surface area (Å²) in [6, 6.07) is 12.1. The molecule has 3 rings (SSSR count). The number of halogens is 1. The van der Waals surface area contributed by atoms with Crippen molar-refractivity contribution in [3.8, 4) is 11.5 Å². The van der Waals surface area contributed by atoms with Crippen LogP contribution in [0.1, 0.15) is 24.2 Å². The Balaban J connectivity index is 1.69. The number of anilines is 1. The van der Waals surface area contributed by atoms with Crippen LogP contribution < -0.4 is 14.4 Å². The highest BCUT2D eigenvalue weighted by atomic mass is 35.5. The van der Waals surface area contributed by atoms with Gasteiger partial charge in [0.15, 0.2) is 18.1 Å². The predicted molar refractivity (Wildman–Crippen MR) is 96.9 cm³/mol. The number of amides is 1. The van der Waals surface area contributed by atoms with E-state index in [0.29, 0.717) is 11.5 Å². The van der Waals surface area contributed by atoms with Gasteiger partial charge in [-0.2, -0.15) is 0 Å². The van der Waals surface area contributed by atoms with Gasteiger partial charge in [-0.15, -0.1) is 0 Å². The molecule has 26 heavy (non-hydrogen) atoms. The van der Waals surface area contributed by atoms with Gasteiger partial charge in [-0.05, 0) is 38.1 Å². The van der Waals surface area contributed by atoms with Crippen LogP contribution in [0.3, 0.4) is 0 Å². The lowest BCUT2D eigenvalue weighted by Gasteiger charge is -2.26. The summed E-state index contributed by atoms with van der Waals surface area (Å²) < 4.78 is 15.6. The molecule has 0 unspecified atom stereocenters. The molecule has 136 valence electrons. The summed E-state index contributed by atoms with van der Waals surface area (Å²) in [6.07, 6.45) is 0. The molecule has 6 nitrogen and oxygen atoms in total. The lowest BCUT2D eigenvalue weighted by atomic mass is 10.2. The Morgan fingerprint density at radius 3 is 2.62 bits per heavy atom. The van der Waals surface area contributed by atoms with E-state index in [1.807, 2.05) is 44.2 Å². The van der Waals surface area contributed by atoms with E-state index in [1.54, 1.807) is 4.90 Å². The zero-order valence-electron chi connectivity index (χ0n) is 14.4. The minimum atomic E-state index is -0.657. The van der Waals surface area contributed by atoms with Crippen molar-refractivity contribution < 1.29 is 23.8 Å². The first kappa shape index (κ1) is 18.1. The molecular weight excluding hydrogens is 358 g/mol. The number of hydrogen-bond acceptors (Lipinski definition) is 5. The van der Waals surface area contributed by atoms with Crippen LogP contribution in [0.2, 0.25) is 5.02 Å². The molecule has 0 bridgehead atoms.